The molecule has 10 nitrogen and oxygen atoms in total. The molecule has 0 spiro atoms. The van der Waals surface area contributed by atoms with E-state index in [1.165, 1.54) is 13.3 Å². The monoisotopic (exact) mass is 399 g/mol. The molecule has 10 heteroatoms. The van der Waals surface area contributed by atoms with Crippen LogP contribution in [0, 0.1) is 0 Å². The van der Waals surface area contributed by atoms with E-state index in [1.54, 1.807) is 14.5 Å². The Morgan fingerprint density at radius 3 is 2.97 bits per heavy atom. The van der Waals surface area contributed by atoms with Gasteiger partial charge in [-0.1, -0.05) is 17.3 Å². The number of ether oxygens (including phenoxy) is 2. The number of esters is 1. The maximum atomic E-state index is 12.7. The molecular formula is C19H21N5O5. The molecule has 1 aromatic carbocycles. The van der Waals surface area contributed by atoms with E-state index in [4.69, 9.17) is 4.74 Å². The fourth-order valence-electron chi connectivity index (χ4n) is 3.60. The molecule has 2 aromatic rings. The van der Waals surface area contributed by atoms with Gasteiger partial charge in [0, 0.05) is 26.1 Å². The SMILES string of the molecule is COC(=O)c1cn(C2CCN(C(=O)CCN3C(=O)COc4ccccc43)C2)nn1. The van der Waals surface area contributed by atoms with Crippen molar-refractivity contribution in [1.82, 2.24) is 19.9 Å². The van der Waals surface area contributed by atoms with Gasteiger partial charge in [0.2, 0.25) is 5.91 Å². The van der Waals surface area contributed by atoms with Gasteiger partial charge in [0.1, 0.15) is 5.75 Å². The Morgan fingerprint density at radius 1 is 1.31 bits per heavy atom. The lowest BCUT2D eigenvalue weighted by molar-refractivity contribution is -0.130. The molecule has 0 saturated carbocycles. The van der Waals surface area contributed by atoms with Crippen LogP contribution in [-0.4, -0.2) is 71.0 Å². The maximum Gasteiger partial charge on any atom is 0.360 e. The number of nitrogens with zero attached hydrogens (tertiary/aromatic N) is 5. The Morgan fingerprint density at radius 2 is 2.14 bits per heavy atom. The first-order chi connectivity index (χ1) is 14.1. The number of hydrogen-bond acceptors (Lipinski definition) is 7. The van der Waals surface area contributed by atoms with E-state index < -0.39 is 5.97 Å². The van der Waals surface area contributed by atoms with Gasteiger partial charge in [-0.05, 0) is 18.6 Å². The van der Waals surface area contributed by atoms with E-state index in [1.807, 2.05) is 24.3 Å². The summed E-state index contributed by atoms with van der Waals surface area (Å²) in [5.41, 5.74) is 0.829. The highest BCUT2D eigenvalue weighted by Crippen LogP contribution is 2.31. The zero-order chi connectivity index (χ0) is 20.4. The van der Waals surface area contributed by atoms with Crippen molar-refractivity contribution in [2.24, 2.45) is 0 Å². The van der Waals surface area contributed by atoms with Crippen molar-refractivity contribution in [1.29, 1.82) is 0 Å². The van der Waals surface area contributed by atoms with Crippen LogP contribution in [-0.2, 0) is 14.3 Å². The van der Waals surface area contributed by atoms with Gasteiger partial charge in [0.15, 0.2) is 12.3 Å². The minimum absolute atomic E-state index is 0.0220. The number of methoxy groups -OCH3 is 1. The van der Waals surface area contributed by atoms with E-state index in [9.17, 15) is 14.4 Å². The van der Waals surface area contributed by atoms with Gasteiger partial charge in [-0.3, -0.25) is 9.59 Å². The molecule has 4 rings (SSSR count). The molecule has 2 aliphatic heterocycles. The van der Waals surface area contributed by atoms with E-state index in [0.717, 1.165) is 6.42 Å². The normalized spacial score (nSPS) is 18.4. The summed E-state index contributed by atoms with van der Waals surface area (Å²) < 4.78 is 11.7. The summed E-state index contributed by atoms with van der Waals surface area (Å²) in [5, 5.41) is 7.78. The zero-order valence-electron chi connectivity index (χ0n) is 16.0. The molecule has 0 N–H and O–H groups in total. The Hall–Kier alpha value is -3.43. The Kier molecular flexibility index (Phi) is 5.15. The van der Waals surface area contributed by atoms with E-state index in [-0.39, 0.29) is 36.6 Å². The highest BCUT2D eigenvalue weighted by Gasteiger charge is 2.30. The number of likely N-dealkylation sites (tertiary alicyclic amines) is 1. The fourth-order valence-corrected chi connectivity index (χ4v) is 3.60. The van der Waals surface area contributed by atoms with Gasteiger partial charge in [-0.15, -0.1) is 5.10 Å². The van der Waals surface area contributed by atoms with Crippen molar-refractivity contribution in [2.45, 2.75) is 18.9 Å². The molecule has 1 atom stereocenters. The molecule has 2 amide bonds. The number of fused-ring (bicyclic) bond motifs is 1. The van der Waals surface area contributed by atoms with E-state index in [2.05, 4.69) is 15.0 Å². The second-order valence-corrected chi connectivity index (χ2v) is 6.91. The first-order valence-electron chi connectivity index (χ1n) is 9.37. The van der Waals surface area contributed by atoms with Crippen molar-refractivity contribution in [2.75, 3.05) is 38.3 Å². The average molecular weight is 399 g/mol. The van der Waals surface area contributed by atoms with Crippen molar-refractivity contribution in [3.63, 3.8) is 0 Å². The summed E-state index contributed by atoms with van der Waals surface area (Å²) in [6, 6.07) is 7.25. The van der Waals surface area contributed by atoms with Crippen LogP contribution in [0.4, 0.5) is 5.69 Å². The third kappa shape index (κ3) is 3.78. The van der Waals surface area contributed by atoms with Crippen molar-refractivity contribution in [3.8, 4) is 5.75 Å². The lowest BCUT2D eigenvalue weighted by atomic mass is 10.2. The molecule has 29 heavy (non-hydrogen) atoms. The summed E-state index contributed by atoms with van der Waals surface area (Å²) in [5.74, 6) is -0.0858. The van der Waals surface area contributed by atoms with Crippen LogP contribution in [0.1, 0.15) is 29.4 Å². The molecule has 3 heterocycles. The first-order valence-corrected chi connectivity index (χ1v) is 9.37. The summed E-state index contributed by atoms with van der Waals surface area (Å²) in [6.45, 7) is 1.35. The second kappa shape index (κ2) is 7.90. The standard InChI is InChI=1S/C19H21N5O5/c1-28-19(27)14-11-24(21-20-14)13-6-8-22(10-13)17(25)7-9-23-15-4-2-3-5-16(15)29-12-18(23)26/h2-5,11,13H,6-10,12H2,1H3. The molecule has 0 bridgehead atoms. The molecule has 2 aliphatic rings. The molecule has 1 aromatic heterocycles. The predicted octanol–water partition coefficient (Wildman–Crippen LogP) is 0.654. The predicted molar refractivity (Wildman–Crippen MR) is 101 cm³/mol. The average Bonchev–Trinajstić information content (AvgIpc) is 3.42. The van der Waals surface area contributed by atoms with Crippen LogP contribution in [0.2, 0.25) is 0 Å². The molecule has 1 fully saturated rings. The van der Waals surface area contributed by atoms with E-state index in [0.29, 0.717) is 31.1 Å². The number of carbonyl (C=O) groups is 3. The summed E-state index contributed by atoms with van der Waals surface area (Å²) in [6.07, 6.45) is 2.47. The summed E-state index contributed by atoms with van der Waals surface area (Å²) in [4.78, 5) is 39.8. The number of aromatic nitrogens is 3. The number of rotatable bonds is 5. The largest absolute Gasteiger partial charge is 0.482 e. The molecule has 1 unspecified atom stereocenters. The van der Waals surface area contributed by atoms with Crippen molar-refractivity contribution in [3.05, 3.63) is 36.2 Å². The smallest absolute Gasteiger partial charge is 0.360 e. The van der Waals surface area contributed by atoms with Crippen LogP contribution in [0.25, 0.3) is 0 Å². The van der Waals surface area contributed by atoms with Crippen molar-refractivity contribution < 1.29 is 23.9 Å². The van der Waals surface area contributed by atoms with Gasteiger partial charge < -0.3 is 19.3 Å². The van der Waals surface area contributed by atoms with Gasteiger partial charge in [0.25, 0.3) is 5.91 Å². The molecule has 1 saturated heterocycles. The van der Waals surface area contributed by atoms with Gasteiger partial charge in [-0.25, -0.2) is 9.48 Å². The summed E-state index contributed by atoms with van der Waals surface area (Å²) in [7, 11) is 1.29. The van der Waals surface area contributed by atoms with Gasteiger partial charge in [0.05, 0.1) is 25.0 Å². The zero-order valence-corrected chi connectivity index (χ0v) is 16.0. The highest BCUT2D eigenvalue weighted by atomic mass is 16.5. The van der Waals surface area contributed by atoms with Crippen molar-refractivity contribution >= 4 is 23.5 Å². The van der Waals surface area contributed by atoms with Crippen LogP contribution < -0.4 is 9.64 Å². The summed E-state index contributed by atoms with van der Waals surface area (Å²) >= 11 is 0. The number of para-hydroxylation sites is 2. The topological polar surface area (TPSA) is 107 Å². The van der Waals surface area contributed by atoms with Gasteiger partial charge >= 0.3 is 5.97 Å². The second-order valence-electron chi connectivity index (χ2n) is 6.91. The number of benzene rings is 1. The molecule has 152 valence electrons. The van der Waals surface area contributed by atoms with E-state index >= 15 is 0 Å². The number of amides is 2. The molecule has 0 radical (unpaired) electrons. The quantitative estimate of drug-likeness (QED) is 0.680. The Labute approximate surface area is 167 Å². The minimum atomic E-state index is -0.544. The lowest BCUT2D eigenvalue weighted by Gasteiger charge is -2.29. The molecule has 0 aliphatic carbocycles. The third-order valence-electron chi connectivity index (χ3n) is 5.15. The van der Waals surface area contributed by atoms with Crippen LogP contribution >= 0.6 is 0 Å². The first kappa shape index (κ1) is 18.9. The molecular weight excluding hydrogens is 378 g/mol. The van der Waals surface area contributed by atoms with Crippen LogP contribution in [0.15, 0.2) is 30.5 Å². The Bertz CT molecular complexity index is 943. The minimum Gasteiger partial charge on any atom is -0.482 e. The van der Waals surface area contributed by atoms with Crippen LogP contribution in [0.3, 0.4) is 0 Å². The fraction of sp³-hybridized carbons (Fsp3) is 0.421. The number of anilines is 1. The lowest BCUT2D eigenvalue weighted by Crippen LogP contribution is -2.41. The maximum absolute atomic E-state index is 12.7. The third-order valence-corrected chi connectivity index (χ3v) is 5.15. The van der Waals surface area contributed by atoms with Gasteiger partial charge in [-0.2, -0.15) is 0 Å². The Balaban J connectivity index is 1.35. The van der Waals surface area contributed by atoms with Crippen LogP contribution in [0.5, 0.6) is 5.75 Å². The number of hydrogen-bond donors (Lipinski definition) is 0. The highest BCUT2D eigenvalue weighted by molar-refractivity contribution is 5.98. The number of carbonyl (C=O) groups excluding carboxylic acids is 3.